The number of pyridine rings is 1. The molecule has 9 nitrogen and oxygen atoms in total. The van der Waals surface area contributed by atoms with E-state index in [1.165, 1.54) is 31.7 Å². The molecule has 11 heteroatoms. The quantitative estimate of drug-likeness (QED) is 0.180. The lowest BCUT2D eigenvalue weighted by Gasteiger charge is -2.33. The highest BCUT2D eigenvalue weighted by molar-refractivity contribution is 5.95. The van der Waals surface area contributed by atoms with Crippen LogP contribution in [0.15, 0.2) is 30.5 Å². The number of nitrogens with zero attached hydrogens (tertiary/aromatic N) is 6. The summed E-state index contributed by atoms with van der Waals surface area (Å²) >= 11 is 0. The van der Waals surface area contributed by atoms with Gasteiger partial charge in [-0.3, -0.25) is 4.79 Å². The second-order valence-electron chi connectivity index (χ2n) is 11.9. The molecule has 0 aliphatic carbocycles. The number of imidazole rings is 1. The van der Waals surface area contributed by atoms with Crippen LogP contribution in [0.25, 0.3) is 22.3 Å². The molecule has 1 fully saturated rings. The van der Waals surface area contributed by atoms with E-state index in [-0.39, 0.29) is 34.7 Å². The van der Waals surface area contributed by atoms with Gasteiger partial charge in [0.15, 0.2) is 11.6 Å². The van der Waals surface area contributed by atoms with Gasteiger partial charge in [-0.1, -0.05) is 26.2 Å². The van der Waals surface area contributed by atoms with Crippen LogP contribution in [0.4, 0.5) is 20.5 Å². The number of hydrogen-bond acceptors (Lipinski definition) is 7. The number of fused-ring (bicyclic) bond motifs is 1. The molecule has 4 aromatic rings. The number of piperidine rings is 1. The lowest BCUT2D eigenvalue weighted by molar-refractivity contribution is 0.0704. The number of carbonyl (C=O) groups is 1. The smallest absolute Gasteiger partial charge is 0.255 e. The molecule has 0 atom stereocenters. The van der Waals surface area contributed by atoms with E-state index >= 15 is 4.39 Å². The maximum atomic E-state index is 15.1. The molecule has 234 valence electrons. The monoisotopic (exact) mass is 604 g/mol. The molecule has 1 aliphatic rings. The van der Waals surface area contributed by atoms with Crippen LogP contribution in [0.2, 0.25) is 0 Å². The second-order valence-corrected chi connectivity index (χ2v) is 11.9. The highest BCUT2D eigenvalue weighted by Crippen LogP contribution is 2.30. The highest BCUT2D eigenvalue weighted by Gasteiger charge is 2.25. The molecule has 4 heterocycles. The predicted octanol–water partition coefficient (Wildman–Crippen LogP) is 6.88. The fraction of sp³-hybridized carbons (Fsp3) is 0.485. The fourth-order valence-corrected chi connectivity index (χ4v) is 5.97. The largest absolute Gasteiger partial charge is 0.338 e. The number of rotatable bonds is 11. The summed E-state index contributed by atoms with van der Waals surface area (Å²) in [5.74, 6) is -0.0651. The predicted molar refractivity (Wildman–Crippen MR) is 169 cm³/mol. The molecule has 3 aromatic heterocycles. The molecular formula is C33H42F2N8O. The number of anilines is 2. The minimum absolute atomic E-state index is 0.0310. The normalized spacial score (nSPS) is 14.1. The first-order valence-electron chi connectivity index (χ1n) is 15.6. The summed E-state index contributed by atoms with van der Waals surface area (Å²) < 4.78 is 31.9. The molecule has 1 amide bonds. The van der Waals surface area contributed by atoms with Gasteiger partial charge in [-0.05, 0) is 77.8 Å². The summed E-state index contributed by atoms with van der Waals surface area (Å²) in [5.41, 5.74) is 2.16. The van der Waals surface area contributed by atoms with Crippen LogP contribution in [0, 0.1) is 25.5 Å². The van der Waals surface area contributed by atoms with Crippen molar-refractivity contribution in [3.63, 3.8) is 0 Å². The van der Waals surface area contributed by atoms with Crippen LogP contribution in [0.3, 0.4) is 0 Å². The van der Waals surface area contributed by atoms with Crippen molar-refractivity contribution in [2.75, 3.05) is 25.0 Å². The molecule has 1 aliphatic heterocycles. The van der Waals surface area contributed by atoms with Gasteiger partial charge in [-0.25, -0.2) is 28.7 Å². The van der Waals surface area contributed by atoms with Crippen LogP contribution >= 0.6 is 0 Å². The number of nitrogens with one attached hydrogen (secondary N) is 2. The van der Waals surface area contributed by atoms with Gasteiger partial charge in [-0.15, -0.1) is 0 Å². The Bertz CT molecular complexity index is 1630. The zero-order valence-electron chi connectivity index (χ0n) is 26.3. The van der Waals surface area contributed by atoms with Crippen molar-refractivity contribution in [2.24, 2.45) is 0 Å². The van der Waals surface area contributed by atoms with Crippen molar-refractivity contribution in [1.82, 2.24) is 34.7 Å². The lowest BCUT2D eigenvalue weighted by Crippen LogP contribution is -2.45. The number of carbonyl (C=O) groups excluding carboxylic acids is 1. The standard InChI is InChI=1S/C33H42F2N8O/c1-6-7-8-9-14-36-24-12-15-42(16-13-24)32(44)25-10-11-29(38-21(25)4)40-33-37-19-27(35)30(41-33)23-17-26(34)31-28(18-23)43(20(2)3)22(5)39-31/h10-11,17-20,24,36H,6-9,12-16H2,1-5H3,(H,37,38,40,41). The molecule has 44 heavy (non-hydrogen) atoms. The number of unbranched alkanes of at least 4 members (excludes halogenated alkanes) is 3. The first-order chi connectivity index (χ1) is 21.2. The van der Waals surface area contributed by atoms with E-state index in [1.807, 2.05) is 30.2 Å². The SMILES string of the molecule is CCCCCCNC1CCN(C(=O)c2ccc(Nc3ncc(F)c(-c4cc(F)c5nc(C)n(C(C)C)c5c4)n3)nc2C)CC1. The fourth-order valence-electron chi connectivity index (χ4n) is 5.97. The summed E-state index contributed by atoms with van der Waals surface area (Å²) in [6.45, 7) is 12.2. The van der Waals surface area contributed by atoms with Gasteiger partial charge in [0, 0.05) is 30.7 Å². The molecule has 0 saturated carbocycles. The maximum Gasteiger partial charge on any atom is 0.255 e. The molecular weight excluding hydrogens is 562 g/mol. The van der Waals surface area contributed by atoms with Crippen LogP contribution < -0.4 is 10.6 Å². The Morgan fingerprint density at radius 3 is 2.50 bits per heavy atom. The number of halogens is 2. The number of benzene rings is 1. The lowest BCUT2D eigenvalue weighted by atomic mass is 10.0. The van der Waals surface area contributed by atoms with E-state index < -0.39 is 11.6 Å². The Balaban J connectivity index is 1.27. The summed E-state index contributed by atoms with van der Waals surface area (Å²) in [4.78, 5) is 32.5. The molecule has 1 aromatic carbocycles. The summed E-state index contributed by atoms with van der Waals surface area (Å²) in [6.07, 6.45) is 7.89. The van der Waals surface area contributed by atoms with Crippen LogP contribution in [-0.2, 0) is 0 Å². The van der Waals surface area contributed by atoms with Gasteiger partial charge in [0.1, 0.15) is 22.9 Å². The minimum atomic E-state index is -0.679. The average Bonchev–Trinajstić information content (AvgIpc) is 3.34. The average molecular weight is 605 g/mol. The highest BCUT2D eigenvalue weighted by atomic mass is 19.1. The summed E-state index contributed by atoms with van der Waals surface area (Å²) in [6, 6.07) is 6.86. The molecule has 2 N–H and O–H groups in total. The molecule has 0 spiro atoms. The van der Waals surface area contributed by atoms with Crippen LogP contribution in [-0.4, -0.2) is 61.0 Å². The Hall–Kier alpha value is -3.99. The third-order valence-corrected chi connectivity index (χ3v) is 8.26. The van der Waals surface area contributed by atoms with E-state index in [0.717, 1.165) is 25.6 Å². The maximum absolute atomic E-state index is 15.1. The third-order valence-electron chi connectivity index (χ3n) is 8.26. The molecule has 1 saturated heterocycles. The number of likely N-dealkylation sites (tertiary alicyclic amines) is 1. The molecule has 0 radical (unpaired) electrons. The summed E-state index contributed by atoms with van der Waals surface area (Å²) in [5, 5.41) is 6.65. The van der Waals surface area contributed by atoms with Gasteiger partial charge in [0.05, 0.1) is 23.0 Å². The van der Waals surface area contributed by atoms with Gasteiger partial charge in [0.2, 0.25) is 5.95 Å². The van der Waals surface area contributed by atoms with Crippen LogP contribution in [0.1, 0.15) is 87.2 Å². The minimum Gasteiger partial charge on any atom is -0.338 e. The van der Waals surface area contributed by atoms with E-state index in [1.54, 1.807) is 25.1 Å². The van der Waals surface area contributed by atoms with E-state index in [4.69, 9.17) is 0 Å². The van der Waals surface area contributed by atoms with Gasteiger partial charge >= 0.3 is 0 Å². The first kappa shape index (κ1) is 31.4. The van der Waals surface area contributed by atoms with Crippen molar-refractivity contribution in [3.05, 3.63) is 59.2 Å². The Morgan fingerprint density at radius 1 is 1.02 bits per heavy atom. The van der Waals surface area contributed by atoms with Crippen molar-refractivity contribution in [3.8, 4) is 11.3 Å². The third kappa shape index (κ3) is 6.88. The zero-order chi connectivity index (χ0) is 31.4. The van der Waals surface area contributed by atoms with Gasteiger partial charge < -0.3 is 20.1 Å². The number of aryl methyl sites for hydroxylation is 2. The summed E-state index contributed by atoms with van der Waals surface area (Å²) in [7, 11) is 0. The molecule has 5 rings (SSSR count). The first-order valence-corrected chi connectivity index (χ1v) is 15.6. The Kier molecular flexibility index (Phi) is 9.83. The molecule has 0 unspecified atom stereocenters. The van der Waals surface area contributed by atoms with Crippen molar-refractivity contribution < 1.29 is 13.6 Å². The number of hydrogen-bond donors (Lipinski definition) is 2. The van der Waals surface area contributed by atoms with Crippen molar-refractivity contribution in [1.29, 1.82) is 0 Å². The van der Waals surface area contributed by atoms with E-state index in [2.05, 4.69) is 37.5 Å². The molecule has 0 bridgehead atoms. The zero-order valence-corrected chi connectivity index (χ0v) is 26.3. The van der Waals surface area contributed by atoms with Crippen molar-refractivity contribution in [2.45, 2.75) is 85.2 Å². The number of amides is 1. The Labute approximate surface area is 257 Å². The number of aromatic nitrogens is 5. The van der Waals surface area contributed by atoms with Crippen molar-refractivity contribution >= 4 is 28.7 Å². The second kappa shape index (κ2) is 13.8. The topological polar surface area (TPSA) is 101 Å². The van der Waals surface area contributed by atoms with Crippen LogP contribution in [0.5, 0.6) is 0 Å². The Morgan fingerprint density at radius 2 is 1.80 bits per heavy atom. The van der Waals surface area contributed by atoms with Gasteiger partial charge in [0.25, 0.3) is 5.91 Å². The van der Waals surface area contributed by atoms with E-state index in [9.17, 15) is 9.18 Å². The van der Waals surface area contributed by atoms with Gasteiger partial charge in [-0.2, -0.15) is 0 Å². The van der Waals surface area contributed by atoms with E-state index in [0.29, 0.717) is 47.5 Å².